The molecule has 1 N–H and O–H groups in total. The highest BCUT2D eigenvalue weighted by Gasteiger charge is 2.52. The van der Waals surface area contributed by atoms with E-state index < -0.39 is 6.04 Å². The Balaban J connectivity index is 1.38. The van der Waals surface area contributed by atoms with Crippen molar-refractivity contribution in [2.24, 2.45) is 0 Å². The van der Waals surface area contributed by atoms with Crippen molar-refractivity contribution in [2.75, 3.05) is 5.75 Å². The monoisotopic (exact) mass is 397 g/mol. The average molecular weight is 398 g/mol. The van der Waals surface area contributed by atoms with Crippen molar-refractivity contribution in [3.63, 3.8) is 0 Å². The number of hydrogen-bond acceptors (Lipinski definition) is 5. The zero-order valence-corrected chi connectivity index (χ0v) is 16.6. The van der Waals surface area contributed by atoms with E-state index in [1.54, 1.807) is 22.9 Å². The van der Waals surface area contributed by atoms with Crippen LogP contribution in [0.1, 0.15) is 30.9 Å². The first-order valence-corrected chi connectivity index (χ1v) is 10.4. The second-order valence-corrected chi connectivity index (χ2v) is 8.73. The molecular formula is C21H23N3O3S. The smallest absolute Gasteiger partial charge is 0.243 e. The van der Waals surface area contributed by atoms with Crippen LogP contribution in [0.15, 0.2) is 48.7 Å². The van der Waals surface area contributed by atoms with E-state index in [1.165, 1.54) is 0 Å². The van der Waals surface area contributed by atoms with E-state index in [0.717, 1.165) is 17.5 Å². The molecule has 1 aromatic heterocycles. The molecule has 2 unspecified atom stereocenters. The molecule has 0 spiro atoms. The summed E-state index contributed by atoms with van der Waals surface area (Å²) < 4.78 is 5.85. The van der Waals surface area contributed by atoms with Crippen LogP contribution in [0.25, 0.3) is 0 Å². The third-order valence-electron chi connectivity index (χ3n) is 5.27. The van der Waals surface area contributed by atoms with Crippen LogP contribution in [0.2, 0.25) is 0 Å². The van der Waals surface area contributed by atoms with Crippen LogP contribution in [0, 0.1) is 0 Å². The van der Waals surface area contributed by atoms with Crippen molar-refractivity contribution in [2.45, 2.75) is 43.8 Å². The number of rotatable bonds is 6. The quantitative estimate of drug-likeness (QED) is 0.812. The Kier molecular flexibility index (Phi) is 5.26. The zero-order chi connectivity index (χ0) is 19.6. The van der Waals surface area contributed by atoms with Crippen LogP contribution in [-0.2, 0) is 22.7 Å². The van der Waals surface area contributed by atoms with E-state index in [2.05, 4.69) is 10.3 Å². The molecule has 2 saturated heterocycles. The molecular weight excluding hydrogens is 374 g/mol. The van der Waals surface area contributed by atoms with E-state index in [1.807, 2.05) is 49.4 Å². The summed E-state index contributed by atoms with van der Waals surface area (Å²) in [5.74, 6) is 1.10. The van der Waals surface area contributed by atoms with E-state index in [9.17, 15) is 9.59 Å². The standard InChI is InChI=1S/C21H23N3O3S/c1-21-10-9-18(25)24(21)17(14-28-21)19(26)23-12-16-8-5-11-22-20(16)27-13-15-6-3-2-4-7-15/h2-8,11,17H,9-10,12-14H2,1H3,(H,23,26). The average Bonchev–Trinajstić information content (AvgIpc) is 3.21. The van der Waals surface area contributed by atoms with E-state index in [-0.39, 0.29) is 16.7 Å². The van der Waals surface area contributed by atoms with Gasteiger partial charge in [0.15, 0.2) is 0 Å². The van der Waals surface area contributed by atoms with Crippen molar-refractivity contribution in [3.05, 3.63) is 59.8 Å². The molecule has 0 saturated carbocycles. The van der Waals surface area contributed by atoms with Gasteiger partial charge in [0.05, 0.1) is 4.87 Å². The third kappa shape index (κ3) is 3.71. The van der Waals surface area contributed by atoms with Gasteiger partial charge in [-0.1, -0.05) is 36.4 Å². The molecule has 1 aromatic carbocycles. The first-order chi connectivity index (χ1) is 13.6. The number of nitrogens with one attached hydrogen (secondary N) is 1. The summed E-state index contributed by atoms with van der Waals surface area (Å²) in [5, 5.41) is 2.96. The summed E-state index contributed by atoms with van der Waals surface area (Å²) in [4.78, 5) is 30.8. The molecule has 2 aliphatic heterocycles. The van der Waals surface area contributed by atoms with Crippen molar-refractivity contribution in [3.8, 4) is 5.88 Å². The SMILES string of the molecule is CC12CCC(=O)N1C(C(=O)NCc1cccnc1OCc1ccccc1)CS2. The van der Waals surface area contributed by atoms with Gasteiger partial charge >= 0.3 is 0 Å². The number of ether oxygens (including phenoxy) is 1. The highest BCUT2D eigenvalue weighted by atomic mass is 32.2. The molecule has 2 amide bonds. The fourth-order valence-corrected chi connectivity index (χ4v) is 5.16. The second kappa shape index (κ2) is 7.83. The predicted molar refractivity (Wildman–Crippen MR) is 108 cm³/mol. The molecule has 28 heavy (non-hydrogen) atoms. The van der Waals surface area contributed by atoms with Crippen molar-refractivity contribution >= 4 is 23.6 Å². The number of fused-ring (bicyclic) bond motifs is 1. The Labute approximate surface area is 168 Å². The highest BCUT2D eigenvalue weighted by Crippen LogP contribution is 2.47. The Bertz CT molecular complexity index is 876. The van der Waals surface area contributed by atoms with Crippen molar-refractivity contribution in [1.29, 1.82) is 0 Å². The molecule has 6 nitrogen and oxygen atoms in total. The summed E-state index contributed by atoms with van der Waals surface area (Å²) in [5.41, 5.74) is 1.87. The molecule has 0 aliphatic carbocycles. The highest BCUT2D eigenvalue weighted by molar-refractivity contribution is 8.01. The van der Waals surface area contributed by atoms with Gasteiger partial charge in [-0.2, -0.15) is 0 Å². The Hall–Kier alpha value is -2.54. The lowest BCUT2D eigenvalue weighted by Crippen LogP contribution is -2.49. The van der Waals surface area contributed by atoms with Gasteiger partial charge in [0.1, 0.15) is 12.6 Å². The van der Waals surface area contributed by atoms with Gasteiger partial charge in [0.25, 0.3) is 0 Å². The first kappa shape index (κ1) is 18.8. The van der Waals surface area contributed by atoms with Gasteiger partial charge in [0.2, 0.25) is 17.7 Å². The lowest BCUT2D eigenvalue weighted by molar-refractivity contribution is -0.138. The van der Waals surface area contributed by atoms with Crippen molar-refractivity contribution < 1.29 is 14.3 Å². The van der Waals surface area contributed by atoms with Gasteiger partial charge in [-0.3, -0.25) is 9.59 Å². The number of aromatic nitrogens is 1. The number of amides is 2. The van der Waals surface area contributed by atoms with E-state index in [0.29, 0.717) is 31.2 Å². The predicted octanol–water partition coefficient (Wildman–Crippen LogP) is 2.73. The van der Waals surface area contributed by atoms with Gasteiger partial charge in [0, 0.05) is 30.5 Å². The minimum atomic E-state index is -0.407. The zero-order valence-electron chi connectivity index (χ0n) is 15.8. The van der Waals surface area contributed by atoms with Crippen LogP contribution in [0.5, 0.6) is 5.88 Å². The van der Waals surface area contributed by atoms with Crippen LogP contribution in [-0.4, -0.2) is 38.4 Å². The van der Waals surface area contributed by atoms with Gasteiger partial charge < -0.3 is 15.0 Å². The lowest BCUT2D eigenvalue weighted by Gasteiger charge is -2.29. The number of nitrogens with zero attached hydrogens (tertiary/aromatic N) is 2. The summed E-state index contributed by atoms with van der Waals surface area (Å²) in [6.45, 7) is 2.78. The number of carbonyl (C=O) groups excluding carboxylic acids is 2. The number of benzene rings is 1. The maximum absolute atomic E-state index is 12.8. The molecule has 0 radical (unpaired) electrons. The lowest BCUT2D eigenvalue weighted by atomic mass is 10.2. The summed E-state index contributed by atoms with van der Waals surface area (Å²) in [7, 11) is 0. The Morgan fingerprint density at radius 2 is 2.14 bits per heavy atom. The molecule has 7 heteroatoms. The number of hydrogen-bond donors (Lipinski definition) is 1. The Morgan fingerprint density at radius 3 is 2.96 bits per heavy atom. The van der Waals surface area contributed by atoms with Gasteiger partial charge in [-0.05, 0) is 25.0 Å². The fraction of sp³-hybridized carbons (Fsp3) is 0.381. The summed E-state index contributed by atoms with van der Waals surface area (Å²) in [6.07, 6.45) is 3.00. The molecule has 4 rings (SSSR count). The molecule has 2 aromatic rings. The molecule has 2 fully saturated rings. The topological polar surface area (TPSA) is 71.5 Å². The first-order valence-electron chi connectivity index (χ1n) is 9.41. The molecule has 146 valence electrons. The van der Waals surface area contributed by atoms with Crippen LogP contribution >= 0.6 is 11.8 Å². The van der Waals surface area contributed by atoms with Gasteiger partial charge in [-0.25, -0.2) is 4.98 Å². The maximum atomic E-state index is 12.8. The second-order valence-electron chi connectivity index (χ2n) is 7.23. The summed E-state index contributed by atoms with van der Waals surface area (Å²) in [6, 6.07) is 13.2. The number of thioether (sulfide) groups is 1. The minimum Gasteiger partial charge on any atom is -0.473 e. The van der Waals surface area contributed by atoms with Crippen LogP contribution in [0.4, 0.5) is 0 Å². The largest absolute Gasteiger partial charge is 0.473 e. The molecule has 3 heterocycles. The van der Waals surface area contributed by atoms with Crippen LogP contribution < -0.4 is 10.1 Å². The third-order valence-corrected chi connectivity index (χ3v) is 6.77. The van der Waals surface area contributed by atoms with Crippen LogP contribution in [0.3, 0.4) is 0 Å². The summed E-state index contributed by atoms with van der Waals surface area (Å²) >= 11 is 1.69. The molecule has 2 aliphatic rings. The van der Waals surface area contributed by atoms with Gasteiger partial charge in [-0.15, -0.1) is 11.8 Å². The molecule has 2 atom stereocenters. The number of carbonyl (C=O) groups is 2. The normalized spacial score (nSPS) is 23.5. The number of pyridine rings is 1. The maximum Gasteiger partial charge on any atom is 0.243 e. The Morgan fingerprint density at radius 1 is 1.32 bits per heavy atom. The van der Waals surface area contributed by atoms with E-state index in [4.69, 9.17) is 4.74 Å². The fourth-order valence-electron chi connectivity index (χ4n) is 3.73. The minimum absolute atomic E-state index is 0.0703. The van der Waals surface area contributed by atoms with E-state index >= 15 is 0 Å². The molecule has 0 bridgehead atoms. The van der Waals surface area contributed by atoms with Crippen molar-refractivity contribution in [1.82, 2.24) is 15.2 Å².